The van der Waals surface area contributed by atoms with Gasteiger partial charge in [0.05, 0.1) is 6.54 Å². The highest BCUT2D eigenvalue weighted by atomic mass is 16.2. The normalized spacial score (nSPS) is 32.0. The number of likely N-dealkylation sites (tertiary alicyclic amines) is 1. The van der Waals surface area contributed by atoms with E-state index in [1.807, 2.05) is 11.9 Å². The quantitative estimate of drug-likeness (QED) is 0.846. The van der Waals surface area contributed by atoms with Crippen molar-refractivity contribution >= 4 is 5.91 Å². The molecule has 0 aromatic heterocycles. The third-order valence-electron chi connectivity index (χ3n) is 5.66. The van der Waals surface area contributed by atoms with Crippen LogP contribution in [0.2, 0.25) is 0 Å². The van der Waals surface area contributed by atoms with Crippen LogP contribution in [0, 0.1) is 11.8 Å². The summed E-state index contributed by atoms with van der Waals surface area (Å²) in [5, 5.41) is 3.49. The first-order valence-corrected chi connectivity index (χ1v) is 8.43. The fraction of sp³-hybridized carbons (Fsp3) is 0.938. The molecule has 114 valence electrons. The molecule has 3 fully saturated rings. The molecule has 4 heteroatoms. The number of fused-ring (bicyclic) bond motifs is 1. The summed E-state index contributed by atoms with van der Waals surface area (Å²) in [5.74, 6) is 1.97. The lowest BCUT2D eigenvalue weighted by Gasteiger charge is -2.36. The summed E-state index contributed by atoms with van der Waals surface area (Å²) < 4.78 is 0. The highest BCUT2D eigenvalue weighted by Crippen LogP contribution is 2.27. The first-order valence-electron chi connectivity index (χ1n) is 8.43. The Hall–Kier alpha value is -0.610. The molecule has 1 aliphatic carbocycles. The number of likely N-dealkylation sites (N-methyl/N-ethyl adjacent to an activating group) is 1. The number of amides is 1. The minimum Gasteiger partial charge on any atom is -0.342 e. The molecule has 0 radical (unpaired) electrons. The van der Waals surface area contributed by atoms with E-state index in [-0.39, 0.29) is 0 Å². The Kier molecular flexibility index (Phi) is 4.61. The second kappa shape index (κ2) is 6.44. The smallest absolute Gasteiger partial charge is 0.236 e. The van der Waals surface area contributed by atoms with E-state index < -0.39 is 0 Å². The van der Waals surface area contributed by atoms with Crippen LogP contribution in [0.15, 0.2) is 0 Å². The van der Waals surface area contributed by atoms with Gasteiger partial charge in [0.1, 0.15) is 0 Å². The minimum absolute atomic E-state index is 0.335. The molecule has 2 atom stereocenters. The monoisotopic (exact) mass is 279 g/mol. The summed E-state index contributed by atoms with van der Waals surface area (Å²) in [5.41, 5.74) is 0. The van der Waals surface area contributed by atoms with Crippen molar-refractivity contribution in [2.75, 3.05) is 39.8 Å². The molecule has 2 heterocycles. The van der Waals surface area contributed by atoms with E-state index in [1.165, 1.54) is 45.1 Å². The SMILES string of the molecule is CN(C(=O)CN1CCC2CNCC2C1)C1CCCCC1. The Labute approximate surface area is 122 Å². The summed E-state index contributed by atoms with van der Waals surface area (Å²) in [6.07, 6.45) is 7.61. The molecule has 0 aromatic rings. The van der Waals surface area contributed by atoms with Crippen molar-refractivity contribution in [3.63, 3.8) is 0 Å². The standard InChI is InChI=1S/C16H29N3O/c1-18(15-5-3-2-4-6-15)16(20)12-19-8-7-13-9-17-10-14(13)11-19/h13-15,17H,2-12H2,1H3. The van der Waals surface area contributed by atoms with Crippen molar-refractivity contribution < 1.29 is 4.79 Å². The van der Waals surface area contributed by atoms with Crippen LogP contribution in [0.25, 0.3) is 0 Å². The van der Waals surface area contributed by atoms with Crippen LogP contribution in [0.5, 0.6) is 0 Å². The molecule has 2 aliphatic heterocycles. The van der Waals surface area contributed by atoms with E-state index >= 15 is 0 Å². The van der Waals surface area contributed by atoms with Crippen LogP contribution in [0.1, 0.15) is 38.5 Å². The summed E-state index contributed by atoms with van der Waals surface area (Å²) in [6.45, 7) is 5.19. The second-order valence-electron chi connectivity index (χ2n) is 7.00. The van der Waals surface area contributed by atoms with Gasteiger partial charge in [-0.05, 0) is 50.7 Å². The molecule has 1 saturated carbocycles. The molecule has 0 bridgehead atoms. The predicted octanol–water partition coefficient (Wildman–Crippen LogP) is 1.32. The van der Waals surface area contributed by atoms with Crippen molar-refractivity contribution in [3.05, 3.63) is 0 Å². The van der Waals surface area contributed by atoms with E-state index in [0.717, 1.165) is 31.5 Å². The van der Waals surface area contributed by atoms with Gasteiger partial charge in [0.25, 0.3) is 0 Å². The van der Waals surface area contributed by atoms with Gasteiger partial charge in [-0.1, -0.05) is 19.3 Å². The average Bonchev–Trinajstić information content (AvgIpc) is 2.95. The third kappa shape index (κ3) is 3.17. The fourth-order valence-electron chi connectivity index (χ4n) is 4.23. The van der Waals surface area contributed by atoms with Crippen LogP contribution in [0.3, 0.4) is 0 Å². The van der Waals surface area contributed by atoms with Crippen LogP contribution < -0.4 is 5.32 Å². The predicted molar refractivity (Wildman–Crippen MR) is 80.5 cm³/mol. The maximum atomic E-state index is 12.5. The zero-order valence-corrected chi connectivity index (χ0v) is 12.8. The van der Waals surface area contributed by atoms with Crippen molar-refractivity contribution in [2.24, 2.45) is 11.8 Å². The van der Waals surface area contributed by atoms with E-state index in [9.17, 15) is 4.79 Å². The van der Waals surface area contributed by atoms with E-state index in [1.54, 1.807) is 0 Å². The Morgan fingerprint density at radius 2 is 1.90 bits per heavy atom. The lowest BCUT2D eigenvalue weighted by Crippen LogP contribution is -2.48. The lowest BCUT2D eigenvalue weighted by atomic mass is 9.88. The molecule has 20 heavy (non-hydrogen) atoms. The zero-order valence-electron chi connectivity index (χ0n) is 12.8. The van der Waals surface area contributed by atoms with Gasteiger partial charge >= 0.3 is 0 Å². The highest BCUT2D eigenvalue weighted by Gasteiger charge is 2.34. The van der Waals surface area contributed by atoms with E-state index in [2.05, 4.69) is 10.2 Å². The number of carbonyl (C=O) groups excluding carboxylic acids is 1. The van der Waals surface area contributed by atoms with Crippen molar-refractivity contribution in [1.82, 2.24) is 15.1 Å². The number of carbonyl (C=O) groups is 1. The topological polar surface area (TPSA) is 35.6 Å². The van der Waals surface area contributed by atoms with Crippen molar-refractivity contribution in [3.8, 4) is 0 Å². The fourth-order valence-corrected chi connectivity index (χ4v) is 4.23. The number of hydrogen-bond acceptors (Lipinski definition) is 3. The van der Waals surface area contributed by atoms with Crippen LogP contribution in [-0.4, -0.2) is 61.5 Å². The van der Waals surface area contributed by atoms with Gasteiger partial charge in [-0.15, -0.1) is 0 Å². The molecule has 1 amide bonds. The Bertz CT molecular complexity index is 341. The van der Waals surface area contributed by atoms with Gasteiger partial charge in [0, 0.05) is 19.6 Å². The molecule has 4 nitrogen and oxygen atoms in total. The van der Waals surface area contributed by atoms with Crippen molar-refractivity contribution in [2.45, 2.75) is 44.6 Å². The number of nitrogens with one attached hydrogen (secondary N) is 1. The first-order chi connectivity index (χ1) is 9.74. The molecule has 3 rings (SSSR count). The second-order valence-corrected chi connectivity index (χ2v) is 7.00. The average molecular weight is 279 g/mol. The van der Waals surface area contributed by atoms with Gasteiger partial charge in [-0.25, -0.2) is 0 Å². The molecule has 3 aliphatic rings. The van der Waals surface area contributed by atoms with Crippen LogP contribution >= 0.6 is 0 Å². The van der Waals surface area contributed by atoms with Gasteiger partial charge in [-0.2, -0.15) is 0 Å². The summed E-state index contributed by atoms with van der Waals surface area (Å²) in [4.78, 5) is 16.9. The molecule has 0 aromatic carbocycles. The molecule has 2 unspecified atom stereocenters. The molecule has 2 saturated heterocycles. The zero-order chi connectivity index (χ0) is 13.9. The first kappa shape index (κ1) is 14.3. The Morgan fingerprint density at radius 1 is 1.15 bits per heavy atom. The summed E-state index contributed by atoms with van der Waals surface area (Å²) in [6, 6.07) is 0.502. The number of piperidine rings is 1. The maximum absolute atomic E-state index is 12.5. The largest absolute Gasteiger partial charge is 0.342 e. The summed E-state index contributed by atoms with van der Waals surface area (Å²) in [7, 11) is 2.02. The summed E-state index contributed by atoms with van der Waals surface area (Å²) >= 11 is 0. The van der Waals surface area contributed by atoms with Gasteiger partial charge in [-0.3, -0.25) is 9.69 Å². The molecule has 0 spiro atoms. The minimum atomic E-state index is 0.335. The van der Waals surface area contributed by atoms with Gasteiger partial charge < -0.3 is 10.2 Å². The number of rotatable bonds is 3. The lowest BCUT2D eigenvalue weighted by molar-refractivity contribution is -0.134. The number of hydrogen-bond donors (Lipinski definition) is 1. The van der Waals surface area contributed by atoms with Gasteiger partial charge in [0.2, 0.25) is 5.91 Å². The van der Waals surface area contributed by atoms with Crippen LogP contribution in [-0.2, 0) is 4.79 Å². The van der Waals surface area contributed by atoms with E-state index in [4.69, 9.17) is 0 Å². The number of nitrogens with zero attached hydrogens (tertiary/aromatic N) is 2. The molecular formula is C16H29N3O. The molecule has 1 N–H and O–H groups in total. The Balaban J connectivity index is 1.48. The molecular weight excluding hydrogens is 250 g/mol. The third-order valence-corrected chi connectivity index (χ3v) is 5.66. The van der Waals surface area contributed by atoms with Crippen molar-refractivity contribution in [1.29, 1.82) is 0 Å². The van der Waals surface area contributed by atoms with E-state index in [0.29, 0.717) is 18.5 Å². The highest BCUT2D eigenvalue weighted by molar-refractivity contribution is 5.78. The Morgan fingerprint density at radius 3 is 2.70 bits per heavy atom. The maximum Gasteiger partial charge on any atom is 0.236 e. The van der Waals surface area contributed by atoms with Gasteiger partial charge in [0.15, 0.2) is 0 Å². The van der Waals surface area contributed by atoms with Crippen LogP contribution in [0.4, 0.5) is 0 Å².